The minimum atomic E-state index is 0.576. The zero-order chi connectivity index (χ0) is 13.9. The van der Waals surface area contributed by atoms with Crippen LogP contribution in [0.25, 0.3) is 0 Å². The molecule has 0 radical (unpaired) electrons. The number of rotatable bonds is 3. The maximum absolute atomic E-state index is 4.37. The van der Waals surface area contributed by atoms with E-state index in [1.807, 2.05) is 11.7 Å². The molecule has 1 aromatic heterocycles. The molecule has 1 saturated carbocycles. The lowest BCUT2D eigenvalue weighted by atomic mass is 9.82. The second kappa shape index (κ2) is 6.22. The molecule has 1 aliphatic heterocycles. The average molecular weight is 277 g/mol. The van der Waals surface area contributed by atoms with Gasteiger partial charge < -0.3 is 5.32 Å². The van der Waals surface area contributed by atoms with Crippen molar-refractivity contribution < 1.29 is 0 Å². The molecule has 0 bridgehead atoms. The SMILES string of the molecule is CC1CNC(C2CCCCC2)CN1Cc1ncnn1C. The van der Waals surface area contributed by atoms with Crippen molar-refractivity contribution in [3.05, 3.63) is 12.2 Å². The van der Waals surface area contributed by atoms with Crippen molar-refractivity contribution in [1.82, 2.24) is 25.0 Å². The van der Waals surface area contributed by atoms with Crippen molar-refractivity contribution >= 4 is 0 Å². The van der Waals surface area contributed by atoms with Gasteiger partial charge in [0.05, 0.1) is 6.54 Å². The summed E-state index contributed by atoms with van der Waals surface area (Å²) in [7, 11) is 1.98. The Hall–Kier alpha value is -0.940. The molecule has 2 atom stereocenters. The summed E-state index contributed by atoms with van der Waals surface area (Å²) in [6.45, 7) is 5.47. The van der Waals surface area contributed by atoms with Crippen LogP contribution in [0, 0.1) is 5.92 Å². The van der Waals surface area contributed by atoms with Gasteiger partial charge >= 0.3 is 0 Å². The van der Waals surface area contributed by atoms with Gasteiger partial charge in [0.15, 0.2) is 0 Å². The van der Waals surface area contributed by atoms with Gasteiger partial charge in [-0.3, -0.25) is 9.58 Å². The van der Waals surface area contributed by atoms with Crippen molar-refractivity contribution in [3.63, 3.8) is 0 Å². The predicted molar refractivity (Wildman–Crippen MR) is 79.2 cm³/mol. The normalized spacial score (nSPS) is 29.7. The molecule has 0 amide bonds. The fraction of sp³-hybridized carbons (Fsp3) is 0.867. The largest absolute Gasteiger partial charge is 0.311 e. The highest BCUT2D eigenvalue weighted by Crippen LogP contribution is 2.28. The molecule has 2 fully saturated rings. The first-order chi connectivity index (χ1) is 9.74. The summed E-state index contributed by atoms with van der Waals surface area (Å²) in [6, 6.07) is 1.24. The monoisotopic (exact) mass is 277 g/mol. The van der Waals surface area contributed by atoms with E-state index in [0.717, 1.165) is 31.4 Å². The summed E-state index contributed by atoms with van der Waals surface area (Å²) in [5.41, 5.74) is 0. The van der Waals surface area contributed by atoms with E-state index in [2.05, 4.69) is 27.2 Å². The van der Waals surface area contributed by atoms with Gasteiger partial charge in [-0.25, -0.2) is 4.98 Å². The van der Waals surface area contributed by atoms with E-state index in [0.29, 0.717) is 12.1 Å². The van der Waals surface area contributed by atoms with E-state index in [1.165, 1.54) is 32.1 Å². The lowest BCUT2D eigenvalue weighted by molar-refractivity contribution is 0.0947. The summed E-state index contributed by atoms with van der Waals surface area (Å²) in [6.07, 6.45) is 8.74. The van der Waals surface area contributed by atoms with Crippen LogP contribution in [0.2, 0.25) is 0 Å². The van der Waals surface area contributed by atoms with E-state index in [4.69, 9.17) is 0 Å². The standard InChI is InChI=1S/C15H27N5/c1-12-8-16-14(13-6-4-3-5-7-13)9-20(12)10-15-17-11-18-19(15)2/h11-14,16H,3-10H2,1-2H3. The molecular formula is C15H27N5. The molecular weight excluding hydrogens is 250 g/mol. The number of nitrogens with one attached hydrogen (secondary N) is 1. The predicted octanol–water partition coefficient (Wildman–Crippen LogP) is 1.56. The molecule has 112 valence electrons. The van der Waals surface area contributed by atoms with Gasteiger partial charge in [0, 0.05) is 32.2 Å². The molecule has 3 rings (SSSR count). The Morgan fingerprint density at radius 2 is 2.10 bits per heavy atom. The van der Waals surface area contributed by atoms with Crippen LogP contribution in [0.3, 0.4) is 0 Å². The van der Waals surface area contributed by atoms with Crippen molar-refractivity contribution in [2.45, 2.75) is 57.7 Å². The smallest absolute Gasteiger partial charge is 0.140 e. The molecule has 5 nitrogen and oxygen atoms in total. The van der Waals surface area contributed by atoms with E-state index < -0.39 is 0 Å². The molecule has 0 spiro atoms. The Morgan fingerprint density at radius 3 is 2.80 bits per heavy atom. The van der Waals surface area contributed by atoms with Crippen LogP contribution in [0.1, 0.15) is 44.9 Å². The average Bonchev–Trinajstić information content (AvgIpc) is 2.88. The third kappa shape index (κ3) is 3.04. The van der Waals surface area contributed by atoms with Crippen LogP contribution in [0.5, 0.6) is 0 Å². The van der Waals surface area contributed by atoms with Crippen molar-refractivity contribution in [3.8, 4) is 0 Å². The van der Waals surface area contributed by atoms with Gasteiger partial charge in [0.1, 0.15) is 12.2 Å². The quantitative estimate of drug-likeness (QED) is 0.911. The van der Waals surface area contributed by atoms with Gasteiger partial charge in [-0.1, -0.05) is 19.3 Å². The summed E-state index contributed by atoms with van der Waals surface area (Å²) < 4.78 is 1.89. The molecule has 1 N–H and O–H groups in total. The number of nitrogens with zero attached hydrogens (tertiary/aromatic N) is 4. The lowest BCUT2D eigenvalue weighted by Crippen LogP contribution is -2.57. The molecule has 2 aliphatic rings. The molecule has 2 unspecified atom stereocenters. The number of piperazine rings is 1. The zero-order valence-corrected chi connectivity index (χ0v) is 12.8. The van der Waals surface area contributed by atoms with Gasteiger partial charge in [-0.15, -0.1) is 0 Å². The fourth-order valence-electron chi connectivity index (χ4n) is 3.67. The third-order valence-corrected chi connectivity index (χ3v) is 5.10. The highest BCUT2D eigenvalue weighted by atomic mass is 15.3. The fourth-order valence-corrected chi connectivity index (χ4v) is 3.67. The lowest BCUT2D eigenvalue weighted by Gasteiger charge is -2.42. The summed E-state index contributed by atoms with van der Waals surface area (Å²) >= 11 is 0. The van der Waals surface area contributed by atoms with E-state index in [9.17, 15) is 0 Å². The van der Waals surface area contributed by atoms with Gasteiger partial charge in [-0.2, -0.15) is 5.10 Å². The minimum Gasteiger partial charge on any atom is -0.311 e. The maximum Gasteiger partial charge on any atom is 0.140 e. The van der Waals surface area contributed by atoms with Gasteiger partial charge in [0.25, 0.3) is 0 Å². The molecule has 1 aliphatic carbocycles. The van der Waals surface area contributed by atoms with E-state index >= 15 is 0 Å². The second-order valence-electron chi connectivity index (χ2n) is 6.49. The summed E-state index contributed by atoms with van der Waals surface area (Å²) in [5, 5.41) is 7.96. The Labute approximate surface area is 121 Å². The highest BCUT2D eigenvalue weighted by Gasteiger charge is 2.31. The minimum absolute atomic E-state index is 0.576. The number of hydrogen-bond donors (Lipinski definition) is 1. The van der Waals surface area contributed by atoms with Crippen LogP contribution in [-0.2, 0) is 13.6 Å². The first kappa shape index (κ1) is 14.0. The zero-order valence-electron chi connectivity index (χ0n) is 12.8. The second-order valence-corrected chi connectivity index (χ2v) is 6.49. The summed E-state index contributed by atoms with van der Waals surface area (Å²) in [5.74, 6) is 1.94. The molecule has 5 heteroatoms. The Kier molecular flexibility index (Phi) is 4.36. The van der Waals surface area contributed by atoms with Crippen LogP contribution < -0.4 is 5.32 Å². The van der Waals surface area contributed by atoms with Crippen molar-refractivity contribution in [1.29, 1.82) is 0 Å². The Balaban J connectivity index is 1.62. The molecule has 20 heavy (non-hydrogen) atoms. The molecule has 2 heterocycles. The maximum atomic E-state index is 4.37. The molecule has 1 saturated heterocycles. The van der Waals surface area contributed by atoms with Crippen LogP contribution in [-0.4, -0.2) is 44.8 Å². The summed E-state index contributed by atoms with van der Waals surface area (Å²) in [4.78, 5) is 6.94. The Morgan fingerprint density at radius 1 is 1.30 bits per heavy atom. The molecule has 0 aromatic carbocycles. The van der Waals surface area contributed by atoms with Gasteiger partial charge in [0.2, 0.25) is 0 Å². The van der Waals surface area contributed by atoms with Crippen LogP contribution >= 0.6 is 0 Å². The van der Waals surface area contributed by atoms with Crippen molar-refractivity contribution in [2.75, 3.05) is 13.1 Å². The Bertz CT molecular complexity index is 424. The highest BCUT2D eigenvalue weighted by molar-refractivity contribution is 4.92. The first-order valence-corrected chi connectivity index (χ1v) is 8.04. The number of aryl methyl sites for hydroxylation is 1. The van der Waals surface area contributed by atoms with Crippen LogP contribution in [0.4, 0.5) is 0 Å². The van der Waals surface area contributed by atoms with Gasteiger partial charge in [-0.05, 0) is 25.7 Å². The van der Waals surface area contributed by atoms with Crippen molar-refractivity contribution in [2.24, 2.45) is 13.0 Å². The topological polar surface area (TPSA) is 46.0 Å². The molecule has 1 aromatic rings. The first-order valence-electron chi connectivity index (χ1n) is 8.04. The van der Waals surface area contributed by atoms with E-state index in [1.54, 1.807) is 6.33 Å². The number of aromatic nitrogens is 3. The van der Waals surface area contributed by atoms with E-state index in [-0.39, 0.29) is 0 Å². The number of hydrogen-bond acceptors (Lipinski definition) is 4. The van der Waals surface area contributed by atoms with Crippen LogP contribution in [0.15, 0.2) is 6.33 Å². The third-order valence-electron chi connectivity index (χ3n) is 5.10.